The molecule has 4 unspecified atom stereocenters. The van der Waals surface area contributed by atoms with Crippen LogP contribution in [0.3, 0.4) is 0 Å². The molecule has 0 aromatic heterocycles. The maximum atomic E-state index is 2.47. The molecule has 0 heteroatoms. The second kappa shape index (κ2) is 14.6. The summed E-state index contributed by atoms with van der Waals surface area (Å²) < 4.78 is 0. The van der Waals surface area contributed by atoms with Crippen molar-refractivity contribution >= 4 is 0 Å². The minimum atomic E-state index is 0.924. The van der Waals surface area contributed by atoms with Gasteiger partial charge >= 0.3 is 0 Å². The third-order valence-electron chi connectivity index (χ3n) is 5.92. The van der Waals surface area contributed by atoms with Crippen LogP contribution in [-0.2, 0) is 0 Å². The summed E-state index contributed by atoms with van der Waals surface area (Å²) in [6.45, 7) is 14.4. The van der Waals surface area contributed by atoms with Crippen molar-refractivity contribution in [2.45, 2.75) is 119 Å². The van der Waals surface area contributed by atoms with Crippen molar-refractivity contribution in [3.8, 4) is 0 Å². The van der Waals surface area contributed by atoms with E-state index in [1.807, 2.05) is 0 Å². The molecule has 0 bridgehead atoms. The molecule has 0 aliphatic heterocycles. The Balaban J connectivity index is 3.55. The standard InChI is InChI=1S/C22H46/c1-7-14-19(4)15-10-11-16-20(5)17-12-13-18-22(9-3)21(6)8-2/h19-22H,7-18H2,1-6H3. The summed E-state index contributed by atoms with van der Waals surface area (Å²) in [5.74, 6) is 3.80. The SMILES string of the molecule is CCCC(C)CCCCC(C)CCCCC(CC)C(C)CC. The van der Waals surface area contributed by atoms with Crippen LogP contribution in [0.4, 0.5) is 0 Å². The molecule has 0 amide bonds. The van der Waals surface area contributed by atoms with E-state index < -0.39 is 0 Å². The zero-order valence-electron chi connectivity index (χ0n) is 16.8. The first-order chi connectivity index (χ1) is 10.5. The summed E-state index contributed by atoms with van der Waals surface area (Å²) in [7, 11) is 0. The Morgan fingerprint density at radius 1 is 0.545 bits per heavy atom. The van der Waals surface area contributed by atoms with Gasteiger partial charge in [-0.2, -0.15) is 0 Å². The molecule has 0 N–H and O–H groups in total. The van der Waals surface area contributed by atoms with Crippen molar-refractivity contribution < 1.29 is 0 Å². The Morgan fingerprint density at radius 2 is 1.00 bits per heavy atom. The van der Waals surface area contributed by atoms with Crippen LogP contribution >= 0.6 is 0 Å². The molecular formula is C22H46. The highest BCUT2D eigenvalue weighted by molar-refractivity contribution is 4.65. The lowest BCUT2D eigenvalue weighted by molar-refractivity contribution is 0.302. The van der Waals surface area contributed by atoms with Crippen molar-refractivity contribution in [2.24, 2.45) is 23.7 Å². The first-order valence-corrected chi connectivity index (χ1v) is 10.5. The van der Waals surface area contributed by atoms with E-state index in [4.69, 9.17) is 0 Å². The van der Waals surface area contributed by atoms with E-state index in [-0.39, 0.29) is 0 Å². The van der Waals surface area contributed by atoms with Crippen LogP contribution in [0, 0.1) is 23.7 Å². The number of hydrogen-bond donors (Lipinski definition) is 0. The fourth-order valence-electron chi connectivity index (χ4n) is 3.89. The average Bonchev–Trinajstić information content (AvgIpc) is 2.51. The maximum absolute atomic E-state index is 2.47. The molecule has 0 rings (SSSR count). The molecular weight excluding hydrogens is 264 g/mol. The van der Waals surface area contributed by atoms with Crippen LogP contribution in [0.1, 0.15) is 119 Å². The predicted octanol–water partition coefficient (Wildman–Crippen LogP) is 8.25. The summed E-state index contributed by atoms with van der Waals surface area (Å²) in [6.07, 6.45) is 17.2. The number of unbranched alkanes of at least 4 members (excludes halogenated alkanes) is 2. The molecule has 0 heterocycles. The van der Waals surface area contributed by atoms with E-state index in [0.29, 0.717) is 0 Å². The predicted molar refractivity (Wildman–Crippen MR) is 103 cm³/mol. The lowest BCUT2D eigenvalue weighted by atomic mass is 9.85. The summed E-state index contributed by atoms with van der Waals surface area (Å²) in [5, 5.41) is 0. The van der Waals surface area contributed by atoms with Crippen LogP contribution in [0.15, 0.2) is 0 Å². The van der Waals surface area contributed by atoms with E-state index >= 15 is 0 Å². The van der Waals surface area contributed by atoms with E-state index in [0.717, 1.165) is 23.7 Å². The van der Waals surface area contributed by atoms with Gasteiger partial charge in [0, 0.05) is 0 Å². The molecule has 0 fully saturated rings. The smallest absolute Gasteiger partial charge is 0.0391 e. The first-order valence-electron chi connectivity index (χ1n) is 10.5. The van der Waals surface area contributed by atoms with Gasteiger partial charge in [0.05, 0.1) is 0 Å². The molecule has 0 nitrogen and oxygen atoms in total. The number of hydrogen-bond acceptors (Lipinski definition) is 0. The van der Waals surface area contributed by atoms with Crippen molar-refractivity contribution in [1.29, 1.82) is 0 Å². The lowest BCUT2D eigenvalue weighted by Crippen LogP contribution is -2.10. The maximum Gasteiger partial charge on any atom is -0.0391 e. The molecule has 134 valence electrons. The monoisotopic (exact) mass is 310 g/mol. The number of rotatable bonds is 15. The molecule has 0 saturated carbocycles. The largest absolute Gasteiger partial charge is 0.0654 e. The summed E-state index contributed by atoms with van der Waals surface area (Å²) in [6, 6.07) is 0. The molecule has 0 radical (unpaired) electrons. The van der Waals surface area contributed by atoms with Gasteiger partial charge in [-0.15, -0.1) is 0 Å². The van der Waals surface area contributed by atoms with Crippen LogP contribution in [0.5, 0.6) is 0 Å². The Labute approximate surface area is 142 Å². The van der Waals surface area contributed by atoms with Gasteiger partial charge in [-0.25, -0.2) is 0 Å². The highest BCUT2D eigenvalue weighted by Crippen LogP contribution is 2.26. The normalized spacial score (nSPS) is 17.2. The minimum Gasteiger partial charge on any atom is -0.0654 e. The lowest BCUT2D eigenvalue weighted by Gasteiger charge is -2.21. The molecule has 22 heavy (non-hydrogen) atoms. The van der Waals surface area contributed by atoms with Gasteiger partial charge < -0.3 is 0 Å². The van der Waals surface area contributed by atoms with Gasteiger partial charge in [0.15, 0.2) is 0 Å². The highest BCUT2D eigenvalue weighted by Gasteiger charge is 2.13. The third kappa shape index (κ3) is 11.6. The van der Waals surface area contributed by atoms with Gasteiger partial charge in [-0.3, -0.25) is 0 Å². The first kappa shape index (κ1) is 22.0. The third-order valence-corrected chi connectivity index (χ3v) is 5.92. The van der Waals surface area contributed by atoms with Crippen LogP contribution in [-0.4, -0.2) is 0 Å². The quantitative estimate of drug-likeness (QED) is 0.267. The molecule has 0 spiro atoms. The second-order valence-electron chi connectivity index (χ2n) is 8.12. The van der Waals surface area contributed by atoms with Gasteiger partial charge in [0.2, 0.25) is 0 Å². The zero-order valence-corrected chi connectivity index (χ0v) is 16.8. The van der Waals surface area contributed by atoms with Crippen molar-refractivity contribution in [1.82, 2.24) is 0 Å². The van der Waals surface area contributed by atoms with E-state index in [1.165, 1.54) is 77.0 Å². The van der Waals surface area contributed by atoms with E-state index in [1.54, 1.807) is 0 Å². The Morgan fingerprint density at radius 3 is 1.41 bits per heavy atom. The van der Waals surface area contributed by atoms with Crippen LogP contribution < -0.4 is 0 Å². The van der Waals surface area contributed by atoms with Gasteiger partial charge in [0.1, 0.15) is 0 Å². The topological polar surface area (TPSA) is 0 Å². The molecule has 0 aromatic rings. The second-order valence-corrected chi connectivity index (χ2v) is 8.12. The van der Waals surface area contributed by atoms with Crippen molar-refractivity contribution in [3.05, 3.63) is 0 Å². The molecule has 0 aromatic carbocycles. The highest BCUT2D eigenvalue weighted by atomic mass is 14.2. The average molecular weight is 311 g/mol. The fourth-order valence-corrected chi connectivity index (χ4v) is 3.89. The Hall–Kier alpha value is 0. The van der Waals surface area contributed by atoms with Crippen molar-refractivity contribution in [3.63, 3.8) is 0 Å². The van der Waals surface area contributed by atoms with Crippen molar-refractivity contribution in [2.75, 3.05) is 0 Å². The fraction of sp³-hybridized carbons (Fsp3) is 1.00. The molecule has 0 aliphatic rings. The summed E-state index contributed by atoms with van der Waals surface area (Å²) in [5.41, 5.74) is 0. The van der Waals surface area contributed by atoms with E-state index in [2.05, 4.69) is 41.5 Å². The summed E-state index contributed by atoms with van der Waals surface area (Å²) in [4.78, 5) is 0. The summed E-state index contributed by atoms with van der Waals surface area (Å²) >= 11 is 0. The van der Waals surface area contributed by atoms with Gasteiger partial charge in [-0.05, 0) is 23.7 Å². The Bertz CT molecular complexity index is 220. The zero-order chi connectivity index (χ0) is 16.8. The molecule has 4 atom stereocenters. The molecule has 0 aliphatic carbocycles. The molecule has 0 saturated heterocycles. The Kier molecular flexibility index (Phi) is 14.6. The van der Waals surface area contributed by atoms with Gasteiger partial charge in [0.25, 0.3) is 0 Å². The van der Waals surface area contributed by atoms with Crippen LogP contribution in [0.2, 0.25) is 0 Å². The minimum absolute atomic E-state index is 0.924. The van der Waals surface area contributed by atoms with Gasteiger partial charge in [-0.1, -0.05) is 119 Å². The van der Waals surface area contributed by atoms with E-state index in [9.17, 15) is 0 Å². The van der Waals surface area contributed by atoms with Crippen LogP contribution in [0.25, 0.3) is 0 Å².